The molecule has 104 valence electrons. The maximum atomic E-state index is 5.00. The molecule has 0 unspecified atom stereocenters. The van der Waals surface area contributed by atoms with E-state index in [1.54, 1.807) is 7.11 Å². The molecule has 1 aromatic rings. The van der Waals surface area contributed by atoms with E-state index in [1.165, 1.54) is 5.56 Å². The van der Waals surface area contributed by atoms with E-state index < -0.39 is 0 Å². The summed E-state index contributed by atoms with van der Waals surface area (Å²) in [5, 5.41) is 9.85. The lowest BCUT2D eigenvalue weighted by molar-refractivity contribution is 0.211. The van der Waals surface area contributed by atoms with Crippen LogP contribution in [-0.2, 0) is 11.3 Å². The maximum absolute atomic E-state index is 5.00. The molecule has 0 spiro atoms. The third-order valence-electron chi connectivity index (χ3n) is 2.95. The summed E-state index contributed by atoms with van der Waals surface area (Å²) in [6, 6.07) is 8.41. The van der Waals surface area contributed by atoms with Crippen molar-refractivity contribution in [3.05, 3.63) is 29.8 Å². The highest BCUT2D eigenvalue weighted by molar-refractivity contribution is 5.80. The van der Waals surface area contributed by atoms with Gasteiger partial charge in [-0.25, -0.2) is 0 Å². The van der Waals surface area contributed by atoms with E-state index in [0.717, 1.165) is 50.9 Å². The van der Waals surface area contributed by atoms with Gasteiger partial charge in [-0.3, -0.25) is 4.99 Å². The zero-order valence-electron chi connectivity index (χ0n) is 11.4. The molecular weight excluding hydrogens is 240 g/mol. The number of anilines is 1. The molecule has 0 radical (unpaired) electrons. The van der Waals surface area contributed by atoms with Gasteiger partial charge in [0.1, 0.15) is 0 Å². The number of methoxy groups -OCH3 is 1. The van der Waals surface area contributed by atoms with E-state index in [4.69, 9.17) is 4.74 Å². The second-order valence-electron chi connectivity index (χ2n) is 4.48. The predicted octanol–water partition coefficient (Wildman–Crippen LogP) is 1.18. The molecule has 0 fully saturated rings. The number of hydrogen-bond donors (Lipinski definition) is 3. The number of benzene rings is 1. The van der Waals surface area contributed by atoms with E-state index in [2.05, 4.69) is 45.2 Å². The molecule has 0 aliphatic carbocycles. The quantitative estimate of drug-likeness (QED) is 0.674. The summed E-state index contributed by atoms with van der Waals surface area (Å²) in [5.74, 6) is 0.911. The molecule has 1 aliphatic heterocycles. The molecule has 1 aliphatic rings. The molecule has 0 atom stereocenters. The van der Waals surface area contributed by atoms with Gasteiger partial charge in [0.2, 0.25) is 0 Å². The van der Waals surface area contributed by atoms with Crippen molar-refractivity contribution in [2.75, 3.05) is 38.7 Å². The minimum absolute atomic E-state index is 0.717. The zero-order chi connectivity index (χ0) is 13.3. The topological polar surface area (TPSA) is 57.7 Å². The minimum Gasteiger partial charge on any atom is -0.383 e. The highest BCUT2D eigenvalue weighted by Gasteiger charge is 2.02. The average Bonchev–Trinajstić information content (AvgIpc) is 2.48. The number of rotatable bonds is 6. The van der Waals surface area contributed by atoms with E-state index in [0.29, 0.717) is 0 Å². The molecule has 0 saturated carbocycles. The monoisotopic (exact) mass is 262 g/mol. The molecule has 5 heteroatoms. The lowest BCUT2D eigenvalue weighted by atomic mass is 10.2. The normalized spacial score (nSPS) is 14.5. The number of nitrogens with one attached hydrogen (secondary N) is 3. The Hall–Kier alpha value is -1.75. The van der Waals surface area contributed by atoms with Crippen LogP contribution < -0.4 is 16.0 Å². The Labute approximate surface area is 114 Å². The first-order valence-electron chi connectivity index (χ1n) is 6.72. The van der Waals surface area contributed by atoms with Crippen molar-refractivity contribution in [1.82, 2.24) is 10.6 Å². The van der Waals surface area contributed by atoms with Crippen molar-refractivity contribution in [3.8, 4) is 0 Å². The molecule has 1 aromatic carbocycles. The summed E-state index contributed by atoms with van der Waals surface area (Å²) >= 11 is 0. The molecule has 0 saturated heterocycles. The van der Waals surface area contributed by atoms with Gasteiger partial charge in [0.05, 0.1) is 6.61 Å². The summed E-state index contributed by atoms with van der Waals surface area (Å²) in [6.45, 7) is 4.26. The lowest BCUT2D eigenvalue weighted by Crippen LogP contribution is -2.40. The molecule has 1 heterocycles. The Morgan fingerprint density at radius 1 is 1.26 bits per heavy atom. The van der Waals surface area contributed by atoms with Crippen molar-refractivity contribution in [1.29, 1.82) is 0 Å². The van der Waals surface area contributed by atoms with E-state index >= 15 is 0 Å². The van der Waals surface area contributed by atoms with Gasteiger partial charge in [-0.1, -0.05) is 12.1 Å². The maximum Gasteiger partial charge on any atom is 0.191 e. The van der Waals surface area contributed by atoms with Crippen molar-refractivity contribution >= 4 is 11.6 Å². The van der Waals surface area contributed by atoms with Crippen molar-refractivity contribution in [2.45, 2.75) is 13.0 Å². The fourth-order valence-corrected chi connectivity index (χ4v) is 1.87. The van der Waals surface area contributed by atoms with Crippen LogP contribution in [0, 0.1) is 0 Å². The third-order valence-corrected chi connectivity index (χ3v) is 2.95. The minimum atomic E-state index is 0.717. The first-order valence-corrected chi connectivity index (χ1v) is 6.72. The second-order valence-corrected chi connectivity index (χ2v) is 4.48. The van der Waals surface area contributed by atoms with Gasteiger partial charge in [0, 0.05) is 39.0 Å². The summed E-state index contributed by atoms with van der Waals surface area (Å²) in [5.41, 5.74) is 2.36. The van der Waals surface area contributed by atoms with Crippen LogP contribution in [0.2, 0.25) is 0 Å². The Morgan fingerprint density at radius 3 is 2.79 bits per heavy atom. The van der Waals surface area contributed by atoms with Crippen LogP contribution in [0.4, 0.5) is 5.69 Å². The largest absolute Gasteiger partial charge is 0.383 e. The standard InChI is InChI=1S/C14H22N4O/c1-19-10-9-15-13-5-3-12(4-6-13)11-18-14-16-7-2-8-17-14/h3-6,15H,2,7-11H2,1H3,(H2,16,17,18). The Kier molecular flexibility index (Phi) is 5.49. The Balaban J connectivity index is 1.76. The molecule has 0 aromatic heterocycles. The van der Waals surface area contributed by atoms with Crippen LogP contribution in [0.1, 0.15) is 12.0 Å². The van der Waals surface area contributed by atoms with Crippen molar-refractivity contribution in [3.63, 3.8) is 0 Å². The van der Waals surface area contributed by atoms with Crippen LogP contribution in [0.15, 0.2) is 29.3 Å². The van der Waals surface area contributed by atoms with Gasteiger partial charge in [-0.05, 0) is 24.1 Å². The van der Waals surface area contributed by atoms with Gasteiger partial charge in [0.15, 0.2) is 5.96 Å². The predicted molar refractivity (Wildman–Crippen MR) is 78.6 cm³/mol. The summed E-state index contributed by atoms with van der Waals surface area (Å²) in [4.78, 5) is 4.38. The van der Waals surface area contributed by atoms with Crippen LogP contribution in [0.3, 0.4) is 0 Å². The molecule has 19 heavy (non-hydrogen) atoms. The Bertz CT molecular complexity index is 402. The van der Waals surface area contributed by atoms with Crippen molar-refractivity contribution < 1.29 is 4.74 Å². The highest BCUT2D eigenvalue weighted by atomic mass is 16.5. The lowest BCUT2D eigenvalue weighted by Gasteiger charge is -2.16. The fourth-order valence-electron chi connectivity index (χ4n) is 1.87. The summed E-state index contributed by atoms with van der Waals surface area (Å²) < 4.78 is 5.00. The van der Waals surface area contributed by atoms with Gasteiger partial charge < -0.3 is 20.7 Å². The zero-order valence-corrected chi connectivity index (χ0v) is 11.4. The van der Waals surface area contributed by atoms with E-state index in [1.807, 2.05) is 0 Å². The number of guanidine groups is 1. The SMILES string of the molecule is COCCNc1ccc(CNC2=NCCCN2)cc1. The van der Waals surface area contributed by atoms with Gasteiger partial charge in [0.25, 0.3) is 0 Å². The smallest absolute Gasteiger partial charge is 0.191 e. The van der Waals surface area contributed by atoms with Crippen LogP contribution in [-0.4, -0.2) is 39.3 Å². The summed E-state index contributed by atoms with van der Waals surface area (Å²) in [6.07, 6.45) is 1.12. The molecular formula is C14H22N4O. The number of aliphatic imine (C=N–C) groups is 1. The number of nitrogens with zero attached hydrogens (tertiary/aromatic N) is 1. The molecule has 5 nitrogen and oxygen atoms in total. The Morgan fingerprint density at radius 2 is 2.11 bits per heavy atom. The van der Waals surface area contributed by atoms with E-state index in [-0.39, 0.29) is 0 Å². The number of ether oxygens (including phenoxy) is 1. The second kappa shape index (κ2) is 7.63. The average molecular weight is 262 g/mol. The first-order chi connectivity index (χ1) is 9.38. The molecule has 0 amide bonds. The van der Waals surface area contributed by atoms with E-state index in [9.17, 15) is 0 Å². The fraction of sp³-hybridized carbons (Fsp3) is 0.500. The first kappa shape index (κ1) is 13.7. The third kappa shape index (κ3) is 4.79. The molecule has 0 bridgehead atoms. The van der Waals surface area contributed by atoms with Gasteiger partial charge in [-0.2, -0.15) is 0 Å². The number of hydrogen-bond acceptors (Lipinski definition) is 5. The van der Waals surface area contributed by atoms with Crippen LogP contribution >= 0.6 is 0 Å². The summed E-state index contributed by atoms with van der Waals surface area (Å²) in [7, 11) is 1.71. The van der Waals surface area contributed by atoms with Crippen molar-refractivity contribution in [2.24, 2.45) is 4.99 Å². The van der Waals surface area contributed by atoms with Crippen LogP contribution in [0.25, 0.3) is 0 Å². The van der Waals surface area contributed by atoms with Gasteiger partial charge >= 0.3 is 0 Å². The molecule has 2 rings (SSSR count). The molecule has 3 N–H and O–H groups in total. The van der Waals surface area contributed by atoms with Gasteiger partial charge in [-0.15, -0.1) is 0 Å². The van der Waals surface area contributed by atoms with Crippen LogP contribution in [0.5, 0.6) is 0 Å². The highest BCUT2D eigenvalue weighted by Crippen LogP contribution is 2.09.